The van der Waals surface area contributed by atoms with Crippen LogP contribution in [0.15, 0.2) is 24.3 Å². The van der Waals surface area contributed by atoms with Crippen LogP contribution in [-0.4, -0.2) is 18.0 Å². The van der Waals surface area contributed by atoms with Gasteiger partial charge in [-0.2, -0.15) is 0 Å². The van der Waals surface area contributed by atoms with Crippen molar-refractivity contribution in [2.75, 3.05) is 5.32 Å². The van der Waals surface area contributed by atoms with Crippen molar-refractivity contribution in [2.45, 2.75) is 13.3 Å². The number of ketones is 1. The van der Waals surface area contributed by atoms with Crippen molar-refractivity contribution < 1.29 is 14.4 Å². The second kappa shape index (κ2) is 5.05. The first kappa shape index (κ1) is 11.1. The maximum atomic E-state index is 11.2. The molecule has 0 aliphatic carbocycles. The van der Waals surface area contributed by atoms with Gasteiger partial charge in [0.25, 0.3) is 0 Å². The first-order valence-electron chi connectivity index (χ1n) is 4.46. The predicted octanol–water partition coefficient (Wildman–Crippen LogP) is 1.42. The highest BCUT2D eigenvalue weighted by Crippen LogP contribution is 2.08. The SMILES string of the molecule is CC(=O)CC(=O)Nc1ccc(C=O)cc1. The molecule has 0 saturated heterocycles. The molecule has 0 unspecified atom stereocenters. The summed E-state index contributed by atoms with van der Waals surface area (Å²) in [6.07, 6.45) is 0.594. The van der Waals surface area contributed by atoms with E-state index in [1.54, 1.807) is 24.3 Å². The van der Waals surface area contributed by atoms with E-state index >= 15 is 0 Å². The van der Waals surface area contributed by atoms with E-state index in [0.717, 1.165) is 6.29 Å². The van der Waals surface area contributed by atoms with Gasteiger partial charge < -0.3 is 5.32 Å². The van der Waals surface area contributed by atoms with Gasteiger partial charge in [0.05, 0.1) is 6.42 Å². The van der Waals surface area contributed by atoms with Crippen LogP contribution in [0.1, 0.15) is 23.7 Å². The minimum Gasteiger partial charge on any atom is -0.326 e. The molecule has 0 aliphatic heterocycles. The van der Waals surface area contributed by atoms with E-state index in [0.29, 0.717) is 11.3 Å². The van der Waals surface area contributed by atoms with Gasteiger partial charge in [-0.3, -0.25) is 14.4 Å². The normalized spacial score (nSPS) is 9.40. The molecular formula is C11H11NO3. The fourth-order valence-electron chi connectivity index (χ4n) is 1.08. The van der Waals surface area contributed by atoms with E-state index in [9.17, 15) is 14.4 Å². The van der Waals surface area contributed by atoms with Gasteiger partial charge in [-0.15, -0.1) is 0 Å². The maximum absolute atomic E-state index is 11.2. The van der Waals surface area contributed by atoms with Crippen LogP contribution < -0.4 is 5.32 Å². The standard InChI is InChI=1S/C11H11NO3/c1-8(14)6-11(15)12-10-4-2-9(7-13)3-5-10/h2-5,7H,6H2,1H3,(H,12,15). The highest BCUT2D eigenvalue weighted by atomic mass is 16.2. The Labute approximate surface area is 87.3 Å². The van der Waals surface area contributed by atoms with Crippen molar-refractivity contribution in [3.05, 3.63) is 29.8 Å². The fourth-order valence-corrected chi connectivity index (χ4v) is 1.08. The maximum Gasteiger partial charge on any atom is 0.231 e. The Kier molecular flexibility index (Phi) is 3.74. The summed E-state index contributed by atoms with van der Waals surface area (Å²) >= 11 is 0. The van der Waals surface area contributed by atoms with E-state index in [4.69, 9.17) is 0 Å². The lowest BCUT2D eigenvalue weighted by molar-refractivity contribution is -0.124. The molecular weight excluding hydrogens is 194 g/mol. The molecule has 15 heavy (non-hydrogen) atoms. The zero-order valence-electron chi connectivity index (χ0n) is 8.32. The molecule has 0 bridgehead atoms. The van der Waals surface area contributed by atoms with Crippen LogP contribution in [0.5, 0.6) is 0 Å². The van der Waals surface area contributed by atoms with Crippen molar-refractivity contribution in [2.24, 2.45) is 0 Å². The molecule has 1 aromatic rings. The quantitative estimate of drug-likeness (QED) is 0.597. The Morgan fingerprint density at radius 2 is 1.87 bits per heavy atom. The van der Waals surface area contributed by atoms with Crippen molar-refractivity contribution in [1.82, 2.24) is 0 Å². The molecule has 0 fully saturated rings. The summed E-state index contributed by atoms with van der Waals surface area (Å²) in [6, 6.07) is 6.41. The number of carbonyl (C=O) groups is 3. The number of hydrogen-bond acceptors (Lipinski definition) is 3. The smallest absolute Gasteiger partial charge is 0.231 e. The van der Waals surface area contributed by atoms with Crippen LogP contribution >= 0.6 is 0 Å². The average Bonchev–Trinajstić information content (AvgIpc) is 2.17. The van der Waals surface area contributed by atoms with Gasteiger partial charge in [0.2, 0.25) is 5.91 Å². The van der Waals surface area contributed by atoms with Crippen LogP contribution in [-0.2, 0) is 9.59 Å². The minimum absolute atomic E-state index is 0.130. The average molecular weight is 205 g/mol. The largest absolute Gasteiger partial charge is 0.326 e. The number of aldehydes is 1. The van der Waals surface area contributed by atoms with Crippen molar-refractivity contribution in [3.8, 4) is 0 Å². The third-order valence-electron chi connectivity index (χ3n) is 1.74. The molecule has 4 nitrogen and oxygen atoms in total. The number of Topliss-reactive ketones (excluding diaryl/α,β-unsaturated/α-hetero) is 1. The van der Waals surface area contributed by atoms with Crippen molar-refractivity contribution in [1.29, 1.82) is 0 Å². The van der Waals surface area contributed by atoms with Crippen LogP contribution in [0, 0.1) is 0 Å². The summed E-state index contributed by atoms with van der Waals surface area (Å²) in [4.78, 5) is 32.2. The Hall–Kier alpha value is -1.97. The summed E-state index contributed by atoms with van der Waals surface area (Å²) < 4.78 is 0. The molecule has 1 amide bonds. The zero-order chi connectivity index (χ0) is 11.3. The molecule has 0 radical (unpaired) electrons. The number of hydrogen-bond donors (Lipinski definition) is 1. The topological polar surface area (TPSA) is 63.2 Å². The molecule has 1 rings (SSSR count). The van der Waals surface area contributed by atoms with Gasteiger partial charge in [-0.25, -0.2) is 0 Å². The molecule has 0 aliphatic rings. The number of carbonyl (C=O) groups excluding carboxylic acids is 3. The van der Waals surface area contributed by atoms with Crippen LogP contribution in [0.4, 0.5) is 5.69 Å². The minimum atomic E-state index is -0.346. The van der Waals surface area contributed by atoms with Gasteiger partial charge in [-0.1, -0.05) is 0 Å². The Morgan fingerprint density at radius 1 is 1.27 bits per heavy atom. The number of amides is 1. The number of anilines is 1. The van der Waals surface area contributed by atoms with Gasteiger partial charge in [0.1, 0.15) is 12.1 Å². The molecule has 78 valence electrons. The Bertz CT molecular complexity index is 381. The summed E-state index contributed by atoms with van der Waals surface area (Å²) in [5, 5.41) is 2.55. The lowest BCUT2D eigenvalue weighted by Gasteiger charge is -2.03. The van der Waals surface area contributed by atoms with Crippen LogP contribution in [0.3, 0.4) is 0 Å². The third kappa shape index (κ3) is 3.72. The molecule has 0 aromatic heterocycles. The first-order valence-corrected chi connectivity index (χ1v) is 4.46. The number of rotatable bonds is 4. The van der Waals surface area contributed by atoms with E-state index in [-0.39, 0.29) is 18.1 Å². The Balaban J connectivity index is 2.61. The highest BCUT2D eigenvalue weighted by Gasteiger charge is 2.04. The molecule has 1 aromatic carbocycles. The van der Waals surface area contributed by atoms with Gasteiger partial charge in [-0.05, 0) is 31.2 Å². The molecule has 4 heteroatoms. The molecule has 0 spiro atoms. The summed E-state index contributed by atoms with van der Waals surface area (Å²) in [5.74, 6) is -0.529. The highest BCUT2D eigenvalue weighted by molar-refractivity contribution is 6.03. The van der Waals surface area contributed by atoms with Crippen LogP contribution in [0.2, 0.25) is 0 Å². The van der Waals surface area contributed by atoms with E-state index in [1.807, 2.05) is 0 Å². The summed E-state index contributed by atoms with van der Waals surface area (Å²) in [7, 11) is 0. The second-order valence-corrected chi connectivity index (χ2v) is 3.17. The third-order valence-corrected chi connectivity index (χ3v) is 1.74. The lowest BCUT2D eigenvalue weighted by Crippen LogP contribution is -2.14. The zero-order valence-corrected chi connectivity index (χ0v) is 8.32. The monoisotopic (exact) mass is 205 g/mol. The fraction of sp³-hybridized carbons (Fsp3) is 0.182. The van der Waals surface area contributed by atoms with Gasteiger partial charge in [0, 0.05) is 11.3 Å². The first-order chi connectivity index (χ1) is 7.11. The number of nitrogens with one attached hydrogen (secondary N) is 1. The van der Waals surface area contributed by atoms with Crippen molar-refractivity contribution >= 4 is 23.7 Å². The van der Waals surface area contributed by atoms with Crippen LogP contribution in [0.25, 0.3) is 0 Å². The number of benzene rings is 1. The predicted molar refractivity (Wildman–Crippen MR) is 55.8 cm³/mol. The van der Waals surface area contributed by atoms with Crippen molar-refractivity contribution in [3.63, 3.8) is 0 Å². The van der Waals surface area contributed by atoms with E-state index < -0.39 is 0 Å². The molecule has 0 heterocycles. The van der Waals surface area contributed by atoms with Gasteiger partial charge in [0.15, 0.2) is 0 Å². The van der Waals surface area contributed by atoms with E-state index in [1.165, 1.54) is 6.92 Å². The summed E-state index contributed by atoms with van der Waals surface area (Å²) in [6.45, 7) is 1.36. The molecule has 1 N–H and O–H groups in total. The summed E-state index contributed by atoms with van der Waals surface area (Å²) in [5.41, 5.74) is 1.12. The lowest BCUT2D eigenvalue weighted by atomic mass is 10.2. The van der Waals surface area contributed by atoms with Gasteiger partial charge >= 0.3 is 0 Å². The van der Waals surface area contributed by atoms with E-state index in [2.05, 4.69) is 5.32 Å². The molecule has 0 saturated carbocycles. The molecule has 0 atom stereocenters. The second-order valence-electron chi connectivity index (χ2n) is 3.17. The Morgan fingerprint density at radius 3 is 2.33 bits per heavy atom.